The SMILES string of the molecule is CCCCCCCCCCCCCCCOCCOC1CCCCO1. The van der Waals surface area contributed by atoms with Gasteiger partial charge in [0.05, 0.1) is 13.2 Å². The summed E-state index contributed by atoms with van der Waals surface area (Å²) < 4.78 is 16.8. The third-order valence-electron chi connectivity index (χ3n) is 5.06. The van der Waals surface area contributed by atoms with Gasteiger partial charge in [0.15, 0.2) is 6.29 Å². The van der Waals surface area contributed by atoms with Gasteiger partial charge in [-0.1, -0.05) is 84.0 Å². The van der Waals surface area contributed by atoms with Crippen molar-refractivity contribution in [2.24, 2.45) is 0 Å². The number of ether oxygens (including phenoxy) is 3. The molecule has 1 unspecified atom stereocenters. The summed E-state index contributed by atoms with van der Waals surface area (Å²) in [5, 5.41) is 0. The highest BCUT2D eigenvalue weighted by Crippen LogP contribution is 2.14. The van der Waals surface area contributed by atoms with Gasteiger partial charge >= 0.3 is 0 Å². The molecular weight excluding hydrogens is 312 g/mol. The third-order valence-corrected chi connectivity index (χ3v) is 5.06. The van der Waals surface area contributed by atoms with E-state index in [1.165, 1.54) is 96.3 Å². The Labute approximate surface area is 157 Å². The maximum Gasteiger partial charge on any atom is 0.157 e. The molecule has 0 amide bonds. The number of rotatable bonds is 18. The van der Waals surface area contributed by atoms with E-state index in [0.717, 1.165) is 19.6 Å². The van der Waals surface area contributed by atoms with Crippen molar-refractivity contribution in [2.45, 2.75) is 116 Å². The van der Waals surface area contributed by atoms with Crippen molar-refractivity contribution in [2.75, 3.05) is 26.4 Å². The summed E-state index contributed by atoms with van der Waals surface area (Å²) in [4.78, 5) is 0. The molecule has 0 spiro atoms. The number of unbranched alkanes of at least 4 members (excludes halogenated alkanes) is 12. The third kappa shape index (κ3) is 15.8. The van der Waals surface area contributed by atoms with Gasteiger partial charge in [-0.15, -0.1) is 0 Å². The molecule has 1 rings (SSSR count). The van der Waals surface area contributed by atoms with E-state index in [-0.39, 0.29) is 6.29 Å². The van der Waals surface area contributed by atoms with Crippen LogP contribution < -0.4 is 0 Å². The molecule has 1 heterocycles. The topological polar surface area (TPSA) is 27.7 Å². The summed E-state index contributed by atoms with van der Waals surface area (Å²) in [7, 11) is 0. The molecule has 0 bridgehead atoms. The lowest BCUT2D eigenvalue weighted by Crippen LogP contribution is -2.24. The van der Waals surface area contributed by atoms with Gasteiger partial charge in [0.2, 0.25) is 0 Å². The molecule has 0 N–H and O–H groups in total. The van der Waals surface area contributed by atoms with E-state index in [2.05, 4.69) is 6.92 Å². The van der Waals surface area contributed by atoms with E-state index in [0.29, 0.717) is 13.2 Å². The van der Waals surface area contributed by atoms with Crippen molar-refractivity contribution in [3.05, 3.63) is 0 Å². The van der Waals surface area contributed by atoms with Gasteiger partial charge in [-0.05, 0) is 25.7 Å². The average molecular weight is 357 g/mol. The van der Waals surface area contributed by atoms with Crippen molar-refractivity contribution in [1.29, 1.82) is 0 Å². The van der Waals surface area contributed by atoms with Crippen LogP contribution >= 0.6 is 0 Å². The Kier molecular flexibility index (Phi) is 17.1. The largest absolute Gasteiger partial charge is 0.379 e. The molecule has 3 nitrogen and oxygen atoms in total. The zero-order chi connectivity index (χ0) is 17.8. The van der Waals surface area contributed by atoms with E-state index < -0.39 is 0 Å². The Hall–Kier alpha value is -0.120. The van der Waals surface area contributed by atoms with E-state index in [9.17, 15) is 0 Å². The van der Waals surface area contributed by atoms with Crippen molar-refractivity contribution in [1.82, 2.24) is 0 Å². The van der Waals surface area contributed by atoms with Crippen LogP contribution in [0.1, 0.15) is 110 Å². The zero-order valence-corrected chi connectivity index (χ0v) is 16.9. The molecule has 1 atom stereocenters. The van der Waals surface area contributed by atoms with Crippen molar-refractivity contribution in [3.63, 3.8) is 0 Å². The van der Waals surface area contributed by atoms with Gasteiger partial charge in [-0.2, -0.15) is 0 Å². The first-order valence-corrected chi connectivity index (χ1v) is 11.2. The van der Waals surface area contributed by atoms with E-state index in [1.807, 2.05) is 0 Å². The van der Waals surface area contributed by atoms with Crippen molar-refractivity contribution >= 4 is 0 Å². The molecule has 3 heteroatoms. The Morgan fingerprint density at radius 2 is 1.28 bits per heavy atom. The van der Waals surface area contributed by atoms with Gasteiger partial charge in [0.1, 0.15) is 0 Å². The van der Waals surface area contributed by atoms with Crippen LogP contribution in [0.4, 0.5) is 0 Å². The van der Waals surface area contributed by atoms with Crippen LogP contribution in [0, 0.1) is 0 Å². The van der Waals surface area contributed by atoms with E-state index in [1.54, 1.807) is 0 Å². The summed E-state index contributed by atoms with van der Waals surface area (Å²) in [5.41, 5.74) is 0. The van der Waals surface area contributed by atoms with Crippen LogP contribution in [0.5, 0.6) is 0 Å². The summed E-state index contributed by atoms with van der Waals surface area (Å²) in [5.74, 6) is 0. The molecule has 0 aromatic rings. The summed E-state index contributed by atoms with van der Waals surface area (Å²) in [6.45, 7) is 5.40. The Bertz CT molecular complexity index is 252. The Morgan fingerprint density at radius 3 is 1.84 bits per heavy atom. The number of hydrogen-bond donors (Lipinski definition) is 0. The first-order valence-electron chi connectivity index (χ1n) is 11.2. The molecule has 25 heavy (non-hydrogen) atoms. The van der Waals surface area contributed by atoms with Crippen LogP contribution in [0.2, 0.25) is 0 Å². The minimum Gasteiger partial charge on any atom is -0.379 e. The number of hydrogen-bond acceptors (Lipinski definition) is 3. The highest BCUT2D eigenvalue weighted by molar-refractivity contribution is 4.54. The highest BCUT2D eigenvalue weighted by Gasteiger charge is 2.13. The Balaban J connectivity index is 1.65. The van der Waals surface area contributed by atoms with Gasteiger partial charge in [-0.3, -0.25) is 0 Å². The molecular formula is C22H44O3. The second kappa shape index (κ2) is 18.7. The molecule has 0 saturated carbocycles. The van der Waals surface area contributed by atoms with Crippen LogP contribution in [-0.2, 0) is 14.2 Å². The van der Waals surface area contributed by atoms with Crippen molar-refractivity contribution < 1.29 is 14.2 Å². The Morgan fingerprint density at radius 1 is 0.680 bits per heavy atom. The fraction of sp³-hybridized carbons (Fsp3) is 1.00. The second-order valence-corrected chi connectivity index (χ2v) is 7.52. The van der Waals surface area contributed by atoms with E-state index >= 15 is 0 Å². The quantitative estimate of drug-likeness (QED) is 0.258. The molecule has 1 saturated heterocycles. The fourth-order valence-electron chi connectivity index (χ4n) is 3.41. The maximum atomic E-state index is 5.65. The standard InChI is InChI=1S/C22H44O3/c1-2-3-4-5-6-7-8-9-10-11-12-13-15-18-23-20-21-25-22-17-14-16-19-24-22/h22H,2-21H2,1H3. The van der Waals surface area contributed by atoms with Gasteiger partial charge in [-0.25, -0.2) is 0 Å². The molecule has 0 aliphatic carbocycles. The van der Waals surface area contributed by atoms with Crippen molar-refractivity contribution in [3.8, 4) is 0 Å². The van der Waals surface area contributed by atoms with Crippen LogP contribution in [0.25, 0.3) is 0 Å². The van der Waals surface area contributed by atoms with Crippen LogP contribution in [0.15, 0.2) is 0 Å². The molecule has 0 aromatic carbocycles. The molecule has 150 valence electrons. The van der Waals surface area contributed by atoms with E-state index in [4.69, 9.17) is 14.2 Å². The minimum absolute atomic E-state index is 0.0219. The lowest BCUT2D eigenvalue weighted by molar-refractivity contribution is -0.169. The predicted molar refractivity (Wildman–Crippen MR) is 106 cm³/mol. The fourth-order valence-corrected chi connectivity index (χ4v) is 3.41. The summed E-state index contributed by atoms with van der Waals surface area (Å²) >= 11 is 0. The summed E-state index contributed by atoms with van der Waals surface area (Å²) in [6, 6.07) is 0. The molecule has 1 aliphatic rings. The zero-order valence-electron chi connectivity index (χ0n) is 16.9. The smallest absolute Gasteiger partial charge is 0.157 e. The van der Waals surface area contributed by atoms with Gasteiger partial charge < -0.3 is 14.2 Å². The first kappa shape index (κ1) is 22.9. The second-order valence-electron chi connectivity index (χ2n) is 7.52. The molecule has 1 fully saturated rings. The lowest BCUT2D eigenvalue weighted by Gasteiger charge is -2.22. The van der Waals surface area contributed by atoms with Gasteiger partial charge in [0.25, 0.3) is 0 Å². The maximum absolute atomic E-state index is 5.65. The molecule has 1 aliphatic heterocycles. The van der Waals surface area contributed by atoms with Crippen LogP contribution in [0.3, 0.4) is 0 Å². The van der Waals surface area contributed by atoms with Crippen LogP contribution in [-0.4, -0.2) is 32.7 Å². The van der Waals surface area contributed by atoms with Gasteiger partial charge in [0, 0.05) is 13.2 Å². The monoisotopic (exact) mass is 356 g/mol. The summed E-state index contributed by atoms with van der Waals surface area (Å²) in [6.07, 6.45) is 21.6. The first-order chi connectivity index (χ1) is 12.4. The average Bonchev–Trinajstić information content (AvgIpc) is 2.65. The normalized spacial score (nSPS) is 17.9. The minimum atomic E-state index is 0.0219. The highest BCUT2D eigenvalue weighted by atomic mass is 16.7. The lowest BCUT2D eigenvalue weighted by atomic mass is 10.0. The predicted octanol–water partition coefficient (Wildman–Crippen LogP) is 6.64. The molecule has 0 radical (unpaired) electrons. The molecule has 0 aromatic heterocycles.